The molecule has 0 N–H and O–H groups in total. The fourth-order valence-electron chi connectivity index (χ4n) is 4.08. The first kappa shape index (κ1) is 23.1. The van der Waals surface area contributed by atoms with Crippen molar-refractivity contribution in [1.29, 1.82) is 0 Å². The molecule has 1 saturated heterocycles. The van der Waals surface area contributed by atoms with Crippen molar-refractivity contribution >= 4 is 38.5 Å². The molecule has 0 aromatic heterocycles. The molecule has 1 amide bonds. The Kier molecular flexibility index (Phi) is 6.07. The van der Waals surface area contributed by atoms with E-state index >= 15 is 0 Å². The van der Waals surface area contributed by atoms with Crippen molar-refractivity contribution in [3.05, 3.63) is 95.6 Å². The highest BCUT2D eigenvalue weighted by molar-refractivity contribution is 8.19. The van der Waals surface area contributed by atoms with Gasteiger partial charge in [-0.25, -0.2) is 0 Å². The van der Waals surface area contributed by atoms with E-state index in [1.165, 1.54) is 22.6 Å². The number of rotatable bonds is 5. The van der Waals surface area contributed by atoms with Crippen molar-refractivity contribution in [2.75, 3.05) is 18.5 Å². The molecule has 8 heteroatoms. The van der Waals surface area contributed by atoms with Gasteiger partial charge in [0.25, 0.3) is 15.9 Å². The van der Waals surface area contributed by atoms with Gasteiger partial charge in [-0.2, -0.15) is 8.42 Å². The zero-order chi connectivity index (χ0) is 23.8. The van der Waals surface area contributed by atoms with E-state index in [-0.39, 0.29) is 27.9 Å². The molecule has 0 radical (unpaired) electrons. The fourth-order valence-corrected chi connectivity index (χ4v) is 6.24. The third kappa shape index (κ3) is 4.16. The quantitative estimate of drug-likeness (QED) is 0.460. The molecule has 33 heavy (non-hydrogen) atoms. The van der Waals surface area contributed by atoms with Crippen LogP contribution >= 0.6 is 11.8 Å². The number of hydrogen-bond acceptors (Lipinski definition) is 5. The maximum Gasteiger partial charge on any atom is 0.284 e. The zero-order valence-electron chi connectivity index (χ0n) is 18.7. The van der Waals surface area contributed by atoms with Crippen LogP contribution in [-0.4, -0.2) is 38.0 Å². The van der Waals surface area contributed by atoms with Gasteiger partial charge in [0.1, 0.15) is 0 Å². The Morgan fingerprint density at radius 2 is 1.73 bits per heavy atom. The average Bonchev–Trinajstić information content (AvgIpc) is 3.18. The molecule has 0 atom stereocenters. The molecule has 2 aromatic rings. The number of para-hydroxylation sites is 1. The Labute approximate surface area is 199 Å². The van der Waals surface area contributed by atoms with E-state index in [4.69, 9.17) is 0 Å². The van der Waals surface area contributed by atoms with Gasteiger partial charge in [0.2, 0.25) is 0 Å². The van der Waals surface area contributed by atoms with Crippen LogP contribution in [-0.2, 0) is 20.2 Å². The molecule has 2 aromatic carbocycles. The third-order valence-electron chi connectivity index (χ3n) is 5.77. The zero-order valence-corrected chi connectivity index (χ0v) is 20.4. The molecule has 6 nitrogen and oxygen atoms in total. The van der Waals surface area contributed by atoms with Crippen LogP contribution < -0.4 is 4.90 Å². The Morgan fingerprint density at radius 3 is 2.39 bits per heavy atom. The fraction of sp³-hybridized carbons (Fsp3) is 0.200. The maximum atomic E-state index is 13.1. The van der Waals surface area contributed by atoms with Gasteiger partial charge in [-0.3, -0.25) is 9.69 Å². The number of carbonyl (C=O) groups is 1. The first-order valence-corrected chi connectivity index (χ1v) is 12.7. The lowest BCUT2D eigenvalue weighted by Gasteiger charge is -2.23. The monoisotopic (exact) mass is 479 g/mol. The van der Waals surface area contributed by atoms with Crippen LogP contribution in [0.3, 0.4) is 0 Å². The van der Waals surface area contributed by atoms with Gasteiger partial charge in [0.15, 0.2) is 5.17 Å². The summed E-state index contributed by atoms with van der Waals surface area (Å²) in [7, 11) is -1.94. The average molecular weight is 480 g/mol. The van der Waals surface area contributed by atoms with Gasteiger partial charge < -0.3 is 4.90 Å². The standard InChI is InChI=1S/C25H25N3O3S2/c1-5-17-28-23(29)21(32-24(28)26-33(30,31)18-11-7-6-8-12-18)15-16-22-25(2,3)19-13-9-10-14-20(19)27(22)4/h5-16H,1,17H2,2-4H3/b21-15-,22-16+,26-24?. The Hall–Kier alpha value is -3.10. The van der Waals surface area contributed by atoms with Crippen LogP contribution in [0.4, 0.5) is 5.69 Å². The van der Waals surface area contributed by atoms with E-state index in [1.54, 1.807) is 30.4 Å². The number of amides is 1. The molecule has 4 rings (SSSR count). The first-order chi connectivity index (χ1) is 15.7. The largest absolute Gasteiger partial charge is 0.347 e. The molecular formula is C25H25N3O3S2. The minimum Gasteiger partial charge on any atom is -0.347 e. The van der Waals surface area contributed by atoms with Gasteiger partial charge in [-0.05, 0) is 47.7 Å². The number of benzene rings is 2. The number of carbonyl (C=O) groups excluding carboxylic acids is 1. The van der Waals surface area contributed by atoms with E-state index < -0.39 is 10.0 Å². The highest BCUT2D eigenvalue weighted by Crippen LogP contribution is 2.46. The molecule has 0 saturated carbocycles. The van der Waals surface area contributed by atoms with E-state index in [0.29, 0.717) is 4.91 Å². The topological polar surface area (TPSA) is 70.1 Å². The van der Waals surface area contributed by atoms with Crippen molar-refractivity contribution < 1.29 is 13.2 Å². The normalized spacial score (nSPS) is 21.3. The highest BCUT2D eigenvalue weighted by Gasteiger charge is 2.38. The van der Waals surface area contributed by atoms with Crippen molar-refractivity contribution in [3.8, 4) is 0 Å². The minimum atomic E-state index is -3.95. The second kappa shape index (κ2) is 8.68. The molecular weight excluding hydrogens is 454 g/mol. The van der Waals surface area contributed by atoms with E-state index in [0.717, 1.165) is 23.1 Å². The van der Waals surface area contributed by atoms with Crippen LogP contribution in [0.5, 0.6) is 0 Å². The lowest BCUT2D eigenvalue weighted by atomic mass is 9.84. The number of hydrogen-bond donors (Lipinski definition) is 0. The van der Waals surface area contributed by atoms with E-state index in [2.05, 4.69) is 41.9 Å². The van der Waals surface area contributed by atoms with Gasteiger partial charge >= 0.3 is 0 Å². The number of nitrogens with zero attached hydrogens (tertiary/aromatic N) is 3. The molecule has 0 unspecified atom stereocenters. The molecule has 0 spiro atoms. The van der Waals surface area contributed by atoms with E-state index in [1.807, 2.05) is 25.3 Å². The summed E-state index contributed by atoms with van der Waals surface area (Å²) in [6, 6.07) is 16.2. The molecule has 0 aliphatic carbocycles. The van der Waals surface area contributed by atoms with Gasteiger partial charge in [-0.15, -0.1) is 11.0 Å². The van der Waals surface area contributed by atoms with Gasteiger partial charge in [-0.1, -0.05) is 56.3 Å². The summed E-state index contributed by atoms with van der Waals surface area (Å²) in [5.41, 5.74) is 3.15. The van der Waals surface area contributed by atoms with Gasteiger partial charge in [0, 0.05) is 30.4 Å². The Bertz CT molecular complexity index is 1310. The number of amidine groups is 1. The van der Waals surface area contributed by atoms with Crippen molar-refractivity contribution in [2.24, 2.45) is 4.40 Å². The molecule has 2 aliphatic rings. The number of anilines is 1. The molecule has 1 fully saturated rings. The highest BCUT2D eigenvalue weighted by atomic mass is 32.2. The first-order valence-electron chi connectivity index (χ1n) is 10.4. The summed E-state index contributed by atoms with van der Waals surface area (Å²) in [6.45, 7) is 8.15. The summed E-state index contributed by atoms with van der Waals surface area (Å²) < 4.78 is 29.5. The van der Waals surface area contributed by atoms with Crippen LogP contribution in [0.15, 0.2) is 99.3 Å². The number of fused-ring (bicyclic) bond motifs is 1. The molecule has 170 valence electrons. The lowest BCUT2D eigenvalue weighted by Crippen LogP contribution is -2.29. The predicted octanol–water partition coefficient (Wildman–Crippen LogP) is 4.69. The number of sulfonamides is 1. The third-order valence-corrected chi connectivity index (χ3v) is 8.19. The summed E-state index contributed by atoms with van der Waals surface area (Å²) in [5, 5.41) is 0.121. The summed E-state index contributed by atoms with van der Waals surface area (Å²) in [4.78, 5) is 17.0. The lowest BCUT2D eigenvalue weighted by molar-refractivity contribution is -0.121. The summed E-state index contributed by atoms with van der Waals surface area (Å²) >= 11 is 1.05. The van der Waals surface area contributed by atoms with Crippen LogP contribution in [0.1, 0.15) is 19.4 Å². The molecule has 2 aliphatic heterocycles. The second-order valence-corrected chi connectivity index (χ2v) is 10.9. The van der Waals surface area contributed by atoms with Crippen LogP contribution in [0.2, 0.25) is 0 Å². The predicted molar refractivity (Wildman–Crippen MR) is 135 cm³/mol. The number of thioether (sulfide) groups is 1. The smallest absolute Gasteiger partial charge is 0.284 e. The van der Waals surface area contributed by atoms with Crippen molar-refractivity contribution in [3.63, 3.8) is 0 Å². The van der Waals surface area contributed by atoms with E-state index in [9.17, 15) is 13.2 Å². The summed E-state index contributed by atoms with van der Waals surface area (Å²) in [5.74, 6) is -0.297. The number of allylic oxidation sites excluding steroid dienone is 3. The van der Waals surface area contributed by atoms with Crippen molar-refractivity contribution in [2.45, 2.75) is 24.2 Å². The molecule has 0 bridgehead atoms. The second-order valence-electron chi connectivity index (χ2n) is 8.25. The minimum absolute atomic E-state index is 0.0794. The maximum absolute atomic E-state index is 13.1. The SMILES string of the molecule is C=CCN1C(=O)/C(=C/C=C2/N(C)c3ccccc3C2(C)C)SC1=NS(=O)(=O)c1ccccc1. The summed E-state index contributed by atoms with van der Waals surface area (Å²) in [6.07, 6.45) is 5.23. The van der Waals surface area contributed by atoms with Crippen molar-refractivity contribution in [1.82, 2.24) is 4.90 Å². The molecule has 2 heterocycles. The van der Waals surface area contributed by atoms with Crippen LogP contribution in [0, 0.1) is 0 Å². The van der Waals surface area contributed by atoms with Gasteiger partial charge in [0.05, 0.1) is 9.80 Å². The van der Waals surface area contributed by atoms with Crippen LogP contribution in [0.25, 0.3) is 0 Å². The Morgan fingerprint density at radius 1 is 1.06 bits per heavy atom. The Balaban J connectivity index is 1.70. The number of likely N-dealkylation sites (N-methyl/N-ethyl adjacent to an activating group) is 1.